The Kier molecular flexibility index (Phi) is 51.1. The smallest absolute Gasteiger partial charge is 0.407 e. The van der Waals surface area contributed by atoms with Gasteiger partial charge >= 0.3 is 36.0 Å². The molecule has 0 heterocycles. The van der Waals surface area contributed by atoms with Gasteiger partial charge in [0.15, 0.2) is 0 Å². The van der Waals surface area contributed by atoms with Gasteiger partial charge in [0.1, 0.15) is 53.8 Å². The van der Waals surface area contributed by atoms with Crippen molar-refractivity contribution >= 4 is 77.4 Å². The van der Waals surface area contributed by atoms with Crippen LogP contribution in [0.15, 0.2) is 24.3 Å². The number of aliphatic carboxylic acids is 3. The molecule has 1 rings (SSSR count). The molecule has 610 valence electrons. The van der Waals surface area contributed by atoms with Crippen molar-refractivity contribution in [1.82, 2.24) is 53.2 Å². The number of carboxylic acid groups (broad SMARTS) is 3. The van der Waals surface area contributed by atoms with Crippen LogP contribution in [-0.4, -0.2) is 279 Å². The molecule has 107 heavy (non-hydrogen) atoms. The van der Waals surface area contributed by atoms with Crippen molar-refractivity contribution in [3.05, 3.63) is 29.8 Å². The van der Waals surface area contributed by atoms with Crippen LogP contribution in [-0.2, 0) is 107 Å². The fraction of sp³-hybridized carbons (Fsp3) is 0.729. The minimum Gasteiger partial charge on any atom is -0.492 e. The van der Waals surface area contributed by atoms with Gasteiger partial charge in [-0.05, 0) is 119 Å². The summed E-state index contributed by atoms with van der Waals surface area (Å²) < 4.78 is 60.5. The summed E-state index contributed by atoms with van der Waals surface area (Å²) in [6.45, 7) is 22.4. The summed E-state index contributed by atoms with van der Waals surface area (Å²) >= 11 is 0. The number of alkyl carbamates (subject to hydrolysis) is 1. The van der Waals surface area contributed by atoms with Gasteiger partial charge in [0.25, 0.3) is 0 Å². The molecule has 0 aliphatic heterocycles. The Morgan fingerprint density at radius 3 is 1.33 bits per heavy atom. The molecule has 1 aromatic rings. The van der Waals surface area contributed by atoms with Gasteiger partial charge in [-0.2, -0.15) is 0 Å². The number of ether oxygens (including phenoxy) is 11. The van der Waals surface area contributed by atoms with E-state index < -0.39 is 139 Å². The number of unbranched alkanes of at least 4 members (excludes halogenated alkanes) is 2. The number of esters is 1. The third kappa shape index (κ3) is 53.8. The number of nitrogens with one attached hydrogen (secondary N) is 10. The molecule has 0 radical (unpaired) electrons. The number of carbonyl (C=O) groups is 13. The van der Waals surface area contributed by atoms with Crippen molar-refractivity contribution in [1.29, 1.82) is 0 Å². The number of carbonyl (C=O) groups excluding carboxylic acids is 10. The molecule has 7 atom stereocenters. The van der Waals surface area contributed by atoms with Crippen LogP contribution in [0.4, 0.5) is 9.59 Å². The summed E-state index contributed by atoms with van der Waals surface area (Å²) in [7, 11) is 0. The average Bonchev–Trinajstić information content (AvgIpc) is 0.873. The number of carboxylic acids is 3. The van der Waals surface area contributed by atoms with E-state index in [1.807, 2.05) is 22.8 Å². The molecular weight excluding hydrogens is 1410 g/mol. The normalized spacial score (nSPS) is 13.3. The van der Waals surface area contributed by atoms with E-state index in [9.17, 15) is 67.4 Å². The fourth-order valence-electron chi connectivity index (χ4n) is 9.00. The van der Waals surface area contributed by atoms with Crippen molar-refractivity contribution in [2.75, 3.05) is 138 Å². The quantitative estimate of drug-likeness (QED) is 0.0317. The molecule has 13 N–H and O–H groups in total. The Morgan fingerprint density at radius 1 is 0.402 bits per heavy atom. The van der Waals surface area contributed by atoms with Gasteiger partial charge in [0.2, 0.25) is 41.4 Å². The van der Waals surface area contributed by atoms with Crippen LogP contribution < -0.4 is 57.9 Å². The summed E-state index contributed by atoms with van der Waals surface area (Å²) in [6.07, 6.45) is 0.494. The zero-order chi connectivity index (χ0) is 80.0. The van der Waals surface area contributed by atoms with Crippen LogP contribution in [0.2, 0.25) is 0 Å². The van der Waals surface area contributed by atoms with Crippen molar-refractivity contribution in [3.63, 3.8) is 0 Å². The summed E-state index contributed by atoms with van der Waals surface area (Å²) in [5, 5.41) is 52.3. The van der Waals surface area contributed by atoms with Crippen LogP contribution in [0.5, 0.6) is 5.75 Å². The number of benzene rings is 1. The zero-order valence-electron chi connectivity index (χ0n) is 63.6. The third-order valence-electron chi connectivity index (χ3n) is 14.5. The number of hydrogen-bond acceptors (Lipinski definition) is 24. The lowest BCUT2D eigenvalue weighted by atomic mass is 9.96. The van der Waals surface area contributed by atoms with Crippen molar-refractivity contribution < 1.29 is 130 Å². The maximum atomic E-state index is 12.9. The molecule has 1 aromatic carbocycles. The van der Waals surface area contributed by atoms with Crippen molar-refractivity contribution in [2.45, 2.75) is 187 Å². The lowest BCUT2D eigenvalue weighted by Crippen LogP contribution is -2.54. The molecule has 10 amide bonds. The molecule has 0 aliphatic carbocycles. The standard InChI is InChI=1S/C70H118N10O27/c1-47(66(94)106-69(5,6)7)44-52(78-68(96)107-70(8,9)10)45-51-15-17-53(18-16-51)105-29-26-73-61(87)48(2)76-63(89)50(4)77-62(88)49(3)75-58(83)14-12-11-13-24-71-57(82)23-27-97-30-32-99-34-36-101-38-40-103-42-43-104-41-39-102-37-35-100-33-31-98-28-25-72-59(84)46-74-56(81)21-19-54(64(90)91)79-67(95)80-55(65(92)93)20-22-60(85)86/h15-18,47-50,52,54-55H,11-14,19-46H2,1-10H3,(H,71,82)(H,72,84)(H,73,87)(H,74,81)(H,75,83)(H,76,89)(H,77,88)(H,78,96)(H,85,86)(H,90,91)(H,92,93)(H2,79,80,95)/t47-,48?,49?,50?,52+,54?,55?/m0/s1. The topological polar surface area (TPSA) is 504 Å². The first kappa shape index (κ1) is 96.4. The van der Waals surface area contributed by atoms with Gasteiger partial charge in [-0.3, -0.25) is 43.2 Å². The molecule has 0 saturated carbocycles. The Morgan fingerprint density at radius 2 is 0.841 bits per heavy atom. The monoisotopic (exact) mass is 1530 g/mol. The minimum absolute atomic E-state index is 0.116. The molecule has 37 heteroatoms. The Balaban J connectivity index is 2.02. The van der Waals surface area contributed by atoms with Gasteiger partial charge in [0.05, 0.1) is 125 Å². The van der Waals surface area contributed by atoms with E-state index >= 15 is 0 Å². The highest BCUT2D eigenvalue weighted by Crippen LogP contribution is 2.20. The van der Waals surface area contributed by atoms with E-state index in [1.54, 1.807) is 60.6 Å². The van der Waals surface area contributed by atoms with Gasteiger partial charge in [-0.15, -0.1) is 0 Å². The highest BCUT2D eigenvalue weighted by molar-refractivity contribution is 5.94. The van der Waals surface area contributed by atoms with Crippen LogP contribution in [0, 0.1) is 5.92 Å². The third-order valence-corrected chi connectivity index (χ3v) is 14.5. The predicted octanol–water partition coefficient (Wildman–Crippen LogP) is 0.782. The number of hydrogen-bond donors (Lipinski definition) is 13. The Hall–Kier alpha value is -8.59. The Labute approximate surface area is 625 Å². The largest absolute Gasteiger partial charge is 0.492 e. The first-order chi connectivity index (χ1) is 50.6. The van der Waals surface area contributed by atoms with Crippen LogP contribution in [0.3, 0.4) is 0 Å². The second-order valence-electron chi connectivity index (χ2n) is 26.6. The van der Waals surface area contributed by atoms with Crippen molar-refractivity contribution in [2.24, 2.45) is 5.92 Å². The van der Waals surface area contributed by atoms with Gasteiger partial charge in [-0.25, -0.2) is 19.2 Å². The molecular formula is C70H118N10O27. The summed E-state index contributed by atoms with van der Waals surface area (Å²) in [6, 6.07) is -0.504. The lowest BCUT2D eigenvalue weighted by molar-refractivity contribution is -0.160. The van der Waals surface area contributed by atoms with Crippen LogP contribution in [0.1, 0.15) is 139 Å². The van der Waals surface area contributed by atoms with E-state index in [-0.39, 0.29) is 83.2 Å². The van der Waals surface area contributed by atoms with E-state index in [1.165, 1.54) is 20.8 Å². The highest BCUT2D eigenvalue weighted by atomic mass is 16.6. The molecule has 0 bridgehead atoms. The second kappa shape index (κ2) is 56.7. The first-order valence-corrected chi connectivity index (χ1v) is 35.9. The number of rotatable bonds is 61. The van der Waals surface area contributed by atoms with Crippen LogP contribution in [0.25, 0.3) is 0 Å². The minimum atomic E-state index is -1.58. The highest BCUT2D eigenvalue weighted by Gasteiger charge is 2.30. The molecule has 0 spiro atoms. The SMILES string of the molecule is CC(NC(=O)CCCCCNC(=O)CCOCCOCCOCCOCCOCCOCCOCCOCCNC(=O)CNC(=O)CCC(NC(=O)NC(CCC(=O)O)C(=O)O)C(=O)O)C(=O)NC(C)C(=O)NC(C)C(=O)NCCOc1ccc(C[C@@H](C[C@H](C)C(=O)OC(C)(C)C)NC(=O)OC(C)(C)C)cc1. The van der Waals surface area contributed by atoms with E-state index in [4.69, 9.17) is 62.3 Å². The van der Waals surface area contributed by atoms with Gasteiger partial charge in [0, 0.05) is 44.8 Å². The number of amides is 10. The van der Waals surface area contributed by atoms with Crippen LogP contribution >= 0.6 is 0 Å². The lowest BCUT2D eigenvalue weighted by Gasteiger charge is -2.27. The Bertz CT molecular complexity index is 2830. The van der Waals surface area contributed by atoms with Crippen molar-refractivity contribution in [3.8, 4) is 5.75 Å². The molecule has 5 unspecified atom stereocenters. The molecule has 0 aromatic heterocycles. The predicted molar refractivity (Wildman–Crippen MR) is 384 cm³/mol. The van der Waals surface area contributed by atoms with E-state index in [0.29, 0.717) is 124 Å². The van der Waals surface area contributed by atoms with E-state index in [0.717, 1.165) is 5.56 Å². The molecule has 37 nitrogen and oxygen atoms in total. The molecule has 0 fully saturated rings. The van der Waals surface area contributed by atoms with E-state index in [2.05, 4.69) is 42.5 Å². The maximum Gasteiger partial charge on any atom is 0.407 e. The second-order valence-corrected chi connectivity index (χ2v) is 26.6. The number of urea groups is 1. The molecule has 0 aliphatic rings. The average molecular weight is 1530 g/mol. The zero-order valence-corrected chi connectivity index (χ0v) is 63.6. The summed E-state index contributed by atoms with van der Waals surface area (Å²) in [4.78, 5) is 159. The molecule has 0 saturated heterocycles. The maximum absolute atomic E-state index is 12.9. The summed E-state index contributed by atoms with van der Waals surface area (Å²) in [5.74, 6) is -8.05. The summed E-state index contributed by atoms with van der Waals surface area (Å²) in [5.41, 5.74) is -0.498. The fourth-order valence-corrected chi connectivity index (χ4v) is 9.00. The first-order valence-electron chi connectivity index (χ1n) is 35.9. The van der Waals surface area contributed by atoms with Gasteiger partial charge in [-0.1, -0.05) is 25.5 Å². The van der Waals surface area contributed by atoms with Gasteiger partial charge < -0.3 is 121 Å².